The molecule has 1 aromatic carbocycles. The molecular weight excluding hydrogens is 275 g/mol. The highest BCUT2D eigenvalue weighted by Crippen LogP contribution is 2.44. The van der Waals surface area contributed by atoms with E-state index in [1.54, 1.807) is 23.5 Å². The summed E-state index contributed by atoms with van der Waals surface area (Å²) in [7, 11) is 3.42. The quantitative estimate of drug-likeness (QED) is 0.915. The maximum Gasteiger partial charge on any atom is 0.165 e. The summed E-state index contributed by atoms with van der Waals surface area (Å²) >= 11 is 1.68. The predicted octanol–water partition coefficient (Wildman–Crippen LogP) is 3.55. The van der Waals surface area contributed by atoms with E-state index in [1.807, 2.05) is 7.05 Å². The fraction of sp³-hybridized carbons (Fsp3) is 0.400. The maximum atomic E-state index is 13.5. The molecule has 20 heavy (non-hydrogen) atoms. The minimum atomic E-state index is -0.342. The zero-order valence-corrected chi connectivity index (χ0v) is 12.4. The van der Waals surface area contributed by atoms with Crippen LogP contribution >= 0.6 is 11.3 Å². The number of ether oxygens (including phenoxy) is 1. The van der Waals surface area contributed by atoms with E-state index in [4.69, 9.17) is 9.72 Å². The van der Waals surface area contributed by atoms with Crippen LogP contribution in [0, 0.1) is 5.82 Å². The van der Waals surface area contributed by atoms with Gasteiger partial charge in [0.05, 0.1) is 12.8 Å². The van der Waals surface area contributed by atoms with Gasteiger partial charge in [-0.3, -0.25) is 0 Å². The molecule has 0 atom stereocenters. The van der Waals surface area contributed by atoms with E-state index in [0.29, 0.717) is 5.92 Å². The first-order chi connectivity index (χ1) is 9.72. The summed E-state index contributed by atoms with van der Waals surface area (Å²) in [6, 6.07) is 4.91. The molecule has 1 aromatic heterocycles. The topological polar surface area (TPSA) is 34.1 Å². The van der Waals surface area contributed by atoms with Crippen LogP contribution in [0.3, 0.4) is 0 Å². The highest BCUT2D eigenvalue weighted by Gasteiger charge is 2.29. The first-order valence-corrected chi connectivity index (χ1v) is 7.52. The van der Waals surface area contributed by atoms with Crippen molar-refractivity contribution in [2.45, 2.75) is 25.3 Å². The van der Waals surface area contributed by atoms with Gasteiger partial charge in [-0.25, -0.2) is 9.37 Å². The molecule has 0 spiro atoms. The molecule has 1 N–H and O–H groups in total. The summed E-state index contributed by atoms with van der Waals surface area (Å²) in [6.45, 7) is 0.835. The number of hydrogen-bond acceptors (Lipinski definition) is 4. The Balaban J connectivity index is 1.99. The van der Waals surface area contributed by atoms with Gasteiger partial charge in [0.25, 0.3) is 0 Å². The van der Waals surface area contributed by atoms with Crippen molar-refractivity contribution in [2.24, 2.45) is 0 Å². The first-order valence-electron chi connectivity index (χ1n) is 6.71. The van der Waals surface area contributed by atoms with Crippen molar-refractivity contribution in [1.29, 1.82) is 0 Å². The van der Waals surface area contributed by atoms with E-state index in [9.17, 15) is 4.39 Å². The summed E-state index contributed by atoms with van der Waals surface area (Å²) in [6.07, 6.45) is 2.46. The molecule has 3 nitrogen and oxygen atoms in total. The Morgan fingerprint density at radius 3 is 2.90 bits per heavy atom. The summed E-state index contributed by atoms with van der Waals surface area (Å²) in [5.74, 6) is 0.539. The van der Waals surface area contributed by atoms with E-state index in [-0.39, 0.29) is 11.6 Å². The third kappa shape index (κ3) is 2.55. The maximum absolute atomic E-state index is 13.5. The van der Waals surface area contributed by atoms with E-state index < -0.39 is 0 Å². The molecule has 5 heteroatoms. The molecule has 0 radical (unpaired) electrons. The van der Waals surface area contributed by atoms with Crippen LogP contribution in [0.4, 0.5) is 4.39 Å². The van der Waals surface area contributed by atoms with Gasteiger partial charge >= 0.3 is 0 Å². The molecular formula is C15H17FN2OS. The van der Waals surface area contributed by atoms with Gasteiger partial charge in [-0.1, -0.05) is 0 Å². The van der Waals surface area contributed by atoms with Crippen molar-refractivity contribution in [3.63, 3.8) is 0 Å². The molecule has 0 saturated heterocycles. The Hall–Kier alpha value is -1.46. The van der Waals surface area contributed by atoms with Crippen LogP contribution in [0.1, 0.15) is 29.3 Å². The molecule has 0 aliphatic heterocycles. The summed E-state index contributed by atoms with van der Waals surface area (Å²) < 4.78 is 18.5. The normalized spacial score (nSPS) is 14.6. The highest BCUT2D eigenvalue weighted by molar-refractivity contribution is 7.15. The summed E-state index contributed by atoms with van der Waals surface area (Å²) in [5.41, 5.74) is 2.13. The van der Waals surface area contributed by atoms with Crippen LogP contribution in [0.25, 0.3) is 10.6 Å². The molecule has 3 rings (SSSR count). The second-order valence-corrected chi connectivity index (χ2v) is 6.06. The van der Waals surface area contributed by atoms with Gasteiger partial charge in [-0.05, 0) is 38.1 Å². The van der Waals surface area contributed by atoms with Crippen LogP contribution in [0.5, 0.6) is 5.75 Å². The number of hydrogen-bond donors (Lipinski definition) is 1. The van der Waals surface area contributed by atoms with Crippen molar-refractivity contribution < 1.29 is 9.13 Å². The Morgan fingerprint density at radius 2 is 2.25 bits per heavy atom. The number of nitrogens with one attached hydrogen (secondary N) is 1. The predicted molar refractivity (Wildman–Crippen MR) is 78.8 cm³/mol. The Kier molecular flexibility index (Phi) is 3.72. The number of aromatic nitrogens is 1. The molecule has 1 aliphatic rings. The van der Waals surface area contributed by atoms with Crippen molar-refractivity contribution in [3.05, 3.63) is 34.6 Å². The first kappa shape index (κ1) is 13.5. The Labute approximate surface area is 121 Å². The van der Waals surface area contributed by atoms with Crippen molar-refractivity contribution in [1.82, 2.24) is 10.3 Å². The number of benzene rings is 1. The second kappa shape index (κ2) is 5.50. The molecule has 0 unspecified atom stereocenters. The van der Waals surface area contributed by atoms with Crippen LogP contribution in [0.2, 0.25) is 0 Å². The number of rotatable bonds is 5. The lowest BCUT2D eigenvalue weighted by atomic mass is 10.2. The minimum Gasteiger partial charge on any atom is -0.494 e. The Morgan fingerprint density at radius 1 is 1.45 bits per heavy atom. The van der Waals surface area contributed by atoms with Gasteiger partial charge in [-0.2, -0.15) is 0 Å². The van der Waals surface area contributed by atoms with E-state index in [0.717, 1.165) is 17.1 Å². The molecule has 1 aliphatic carbocycles. The number of methoxy groups -OCH3 is 1. The average molecular weight is 292 g/mol. The van der Waals surface area contributed by atoms with E-state index in [1.165, 1.54) is 36.6 Å². The zero-order valence-electron chi connectivity index (χ0n) is 11.6. The fourth-order valence-corrected chi connectivity index (χ4v) is 3.40. The van der Waals surface area contributed by atoms with E-state index in [2.05, 4.69) is 5.32 Å². The lowest BCUT2D eigenvalue weighted by molar-refractivity contribution is 0.387. The average Bonchev–Trinajstić information content (AvgIpc) is 3.21. The van der Waals surface area contributed by atoms with Gasteiger partial charge in [0, 0.05) is 22.9 Å². The van der Waals surface area contributed by atoms with Crippen LogP contribution in [-0.4, -0.2) is 19.1 Å². The largest absolute Gasteiger partial charge is 0.494 e. The third-order valence-corrected chi connectivity index (χ3v) is 4.55. The lowest BCUT2D eigenvalue weighted by Gasteiger charge is -2.03. The van der Waals surface area contributed by atoms with Gasteiger partial charge in [0.2, 0.25) is 0 Å². The van der Waals surface area contributed by atoms with Gasteiger partial charge in [-0.15, -0.1) is 11.3 Å². The molecule has 0 amide bonds. The van der Waals surface area contributed by atoms with Gasteiger partial charge < -0.3 is 10.1 Å². The molecule has 0 bridgehead atoms. The number of nitrogens with zero attached hydrogens (tertiary/aromatic N) is 1. The highest BCUT2D eigenvalue weighted by atomic mass is 32.1. The molecule has 1 fully saturated rings. The standard InChI is InChI=1S/C15H17FN2OS/c1-17-8-13-14(9-3-4-9)18-15(20-13)10-5-6-11(16)12(7-10)19-2/h5-7,9,17H,3-4,8H2,1-2H3. The minimum absolute atomic E-state index is 0.265. The number of thiazole rings is 1. The molecule has 1 saturated carbocycles. The van der Waals surface area contributed by atoms with Crippen LogP contribution in [-0.2, 0) is 6.54 Å². The lowest BCUT2D eigenvalue weighted by Crippen LogP contribution is -2.05. The van der Waals surface area contributed by atoms with Crippen molar-refractivity contribution >= 4 is 11.3 Å². The van der Waals surface area contributed by atoms with Crippen LogP contribution in [0.15, 0.2) is 18.2 Å². The molecule has 106 valence electrons. The van der Waals surface area contributed by atoms with Gasteiger partial charge in [0.15, 0.2) is 11.6 Å². The smallest absolute Gasteiger partial charge is 0.165 e. The molecule has 1 heterocycles. The Bertz CT molecular complexity index is 622. The molecule has 2 aromatic rings. The third-order valence-electron chi connectivity index (χ3n) is 3.43. The van der Waals surface area contributed by atoms with Crippen LogP contribution < -0.4 is 10.1 Å². The summed E-state index contributed by atoms with van der Waals surface area (Å²) in [4.78, 5) is 6.05. The monoisotopic (exact) mass is 292 g/mol. The summed E-state index contributed by atoms with van der Waals surface area (Å²) in [5, 5.41) is 4.13. The van der Waals surface area contributed by atoms with E-state index >= 15 is 0 Å². The fourth-order valence-electron chi connectivity index (χ4n) is 2.24. The zero-order chi connectivity index (χ0) is 14.1. The second-order valence-electron chi connectivity index (χ2n) is 4.98. The number of halogens is 1. The SMILES string of the molecule is CNCc1sc(-c2ccc(F)c(OC)c2)nc1C1CC1. The van der Waals surface area contributed by atoms with Gasteiger partial charge in [0.1, 0.15) is 5.01 Å². The van der Waals surface area contributed by atoms with Crippen molar-refractivity contribution in [2.75, 3.05) is 14.2 Å². The van der Waals surface area contributed by atoms with Crippen molar-refractivity contribution in [3.8, 4) is 16.3 Å².